The number of halogens is 1. The fourth-order valence-electron chi connectivity index (χ4n) is 0.382. The molecule has 1 heteroatoms. The predicted octanol–water partition coefficient (Wildman–Crippen LogP) is 2.70. The zero-order valence-corrected chi connectivity index (χ0v) is 6.37. The van der Waals surface area contributed by atoms with Gasteiger partial charge in [-0.1, -0.05) is 12.0 Å². The molecule has 0 rings (SSSR count). The summed E-state index contributed by atoms with van der Waals surface area (Å²) in [6, 6.07) is 0. The van der Waals surface area contributed by atoms with E-state index in [0.29, 0.717) is 0 Å². The number of unbranched alkanes of at least 4 members (excludes halogenated alkanes) is 2. The quantitative estimate of drug-likeness (QED) is 0.349. The lowest BCUT2D eigenvalue weighted by atomic mass is 10.2. The van der Waals surface area contributed by atoms with Crippen molar-refractivity contribution in [2.24, 2.45) is 0 Å². The molecule has 0 bridgehead atoms. The number of hydrogen-bond acceptors (Lipinski definition) is 0. The summed E-state index contributed by atoms with van der Waals surface area (Å²) in [5.74, 6) is 2.90. The van der Waals surface area contributed by atoms with Crippen LogP contribution in [0.1, 0.15) is 19.3 Å². The molecule has 0 amide bonds. The predicted molar refractivity (Wildman–Crippen MR) is 40.8 cm³/mol. The van der Waals surface area contributed by atoms with E-state index < -0.39 is 0 Å². The summed E-state index contributed by atoms with van der Waals surface area (Å²) < 4.78 is 0. The average Bonchev–Trinajstić information content (AvgIpc) is 1.81. The molecule has 0 fully saturated rings. The standard InChI is InChI=1S/C7H9Br/c1-2-3-4-5-6-7-8/h2H,1,3-5H2. The second-order valence-electron chi connectivity index (χ2n) is 1.45. The SMILES string of the molecule is C=CCCCC#CBr. The maximum atomic E-state index is 3.60. The molecule has 0 aliphatic heterocycles. The minimum atomic E-state index is 0.970. The Morgan fingerprint density at radius 1 is 1.62 bits per heavy atom. The summed E-state index contributed by atoms with van der Waals surface area (Å²) in [6.07, 6.45) is 5.08. The van der Waals surface area contributed by atoms with Crippen LogP contribution in [0.15, 0.2) is 12.7 Å². The van der Waals surface area contributed by atoms with Crippen LogP contribution in [-0.2, 0) is 0 Å². The molecule has 0 aliphatic rings. The van der Waals surface area contributed by atoms with Gasteiger partial charge in [0.1, 0.15) is 0 Å². The van der Waals surface area contributed by atoms with Gasteiger partial charge < -0.3 is 0 Å². The van der Waals surface area contributed by atoms with Crippen molar-refractivity contribution in [2.75, 3.05) is 0 Å². The van der Waals surface area contributed by atoms with Crippen LogP contribution in [0, 0.1) is 10.8 Å². The molecule has 0 aromatic carbocycles. The first-order valence-electron chi connectivity index (χ1n) is 2.61. The molecule has 0 saturated carbocycles. The second-order valence-corrected chi connectivity index (χ2v) is 1.85. The number of hydrogen-bond donors (Lipinski definition) is 0. The zero-order chi connectivity index (χ0) is 6.24. The fourth-order valence-corrected chi connectivity index (χ4v) is 0.580. The highest BCUT2D eigenvalue weighted by atomic mass is 79.9. The van der Waals surface area contributed by atoms with E-state index in [9.17, 15) is 0 Å². The summed E-state index contributed by atoms with van der Waals surface area (Å²) in [6.45, 7) is 3.60. The summed E-state index contributed by atoms with van der Waals surface area (Å²) in [5.41, 5.74) is 0. The first-order valence-corrected chi connectivity index (χ1v) is 3.40. The Morgan fingerprint density at radius 2 is 2.38 bits per heavy atom. The summed E-state index contributed by atoms with van der Waals surface area (Å²) >= 11 is 3.01. The van der Waals surface area contributed by atoms with E-state index in [1.165, 1.54) is 0 Å². The molecule has 0 aromatic heterocycles. The smallest absolute Gasteiger partial charge is 0.0106 e. The van der Waals surface area contributed by atoms with Crippen LogP contribution in [0.4, 0.5) is 0 Å². The van der Waals surface area contributed by atoms with E-state index in [4.69, 9.17) is 0 Å². The van der Waals surface area contributed by atoms with E-state index in [1.54, 1.807) is 0 Å². The summed E-state index contributed by atoms with van der Waals surface area (Å²) in [7, 11) is 0. The fraction of sp³-hybridized carbons (Fsp3) is 0.429. The summed E-state index contributed by atoms with van der Waals surface area (Å²) in [4.78, 5) is 2.65. The van der Waals surface area contributed by atoms with Crippen molar-refractivity contribution < 1.29 is 0 Å². The molecule has 0 nitrogen and oxygen atoms in total. The Bertz CT molecular complexity index is 105. The Labute approximate surface area is 59.1 Å². The minimum Gasteiger partial charge on any atom is -0.103 e. The third-order valence-corrected chi connectivity index (χ3v) is 1.06. The van der Waals surface area contributed by atoms with Gasteiger partial charge in [-0.15, -0.1) is 6.58 Å². The average molecular weight is 173 g/mol. The van der Waals surface area contributed by atoms with Crippen molar-refractivity contribution in [1.29, 1.82) is 0 Å². The lowest BCUT2D eigenvalue weighted by Gasteiger charge is -1.82. The van der Waals surface area contributed by atoms with E-state index in [-0.39, 0.29) is 0 Å². The van der Waals surface area contributed by atoms with Gasteiger partial charge in [-0.25, -0.2) is 0 Å². The molecule has 0 unspecified atom stereocenters. The Balaban J connectivity index is 2.89. The number of allylic oxidation sites excluding steroid dienone is 1. The molecule has 44 valence electrons. The monoisotopic (exact) mass is 172 g/mol. The number of rotatable bonds is 3. The highest BCUT2D eigenvalue weighted by Gasteiger charge is 1.75. The molecule has 8 heavy (non-hydrogen) atoms. The van der Waals surface area contributed by atoms with Gasteiger partial charge in [0.2, 0.25) is 0 Å². The van der Waals surface area contributed by atoms with Crippen molar-refractivity contribution in [3.8, 4) is 10.8 Å². The minimum absolute atomic E-state index is 0.970. The third kappa shape index (κ3) is 5.78. The van der Waals surface area contributed by atoms with Crippen LogP contribution in [-0.4, -0.2) is 0 Å². The van der Waals surface area contributed by atoms with Crippen molar-refractivity contribution in [2.45, 2.75) is 19.3 Å². The Hall–Kier alpha value is -0.220. The lowest BCUT2D eigenvalue weighted by Crippen LogP contribution is -1.65. The Kier molecular flexibility index (Phi) is 6.59. The molecule has 0 heterocycles. The van der Waals surface area contributed by atoms with Gasteiger partial charge in [-0.2, -0.15) is 0 Å². The topological polar surface area (TPSA) is 0 Å². The molecule has 0 saturated heterocycles. The largest absolute Gasteiger partial charge is 0.103 e. The van der Waals surface area contributed by atoms with Crippen molar-refractivity contribution in [3.05, 3.63) is 12.7 Å². The van der Waals surface area contributed by atoms with Crippen LogP contribution in [0.5, 0.6) is 0 Å². The van der Waals surface area contributed by atoms with E-state index in [1.807, 2.05) is 6.08 Å². The van der Waals surface area contributed by atoms with Gasteiger partial charge in [0.15, 0.2) is 0 Å². The molecule has 0 N–H and O–H groups in total. The van der Waals surface area contributed by atoms with Gasteiger partial charge in [0.25, 0.3) is 0 Å². The van der Waals surface area contributed by atoms with Crippen LogP contribution in [0.25, 0.3) is 0 Å². The maximum absolute atomic E-state index is 3.60. The Morgan fingerprint density at radius 3 is 2.88 bits per heavy atom. The van der Waals surface area contributed by atoms with Crippen LogP contribution >= 0.6 is 15.9 Å². The van der Waals surface area contributed by atoms with Gasteiger partial charge in [0, 0.05) is 22.4 Å². The van der Waals surface area contributed by atoms with Crippen LogP contribution in [0.2, 0.25) is 0 Å². The highest BCUT2D eigenvalue weighted by Crippen LogP contribution is 1.93. The van der Waals surface area contributed by atoms with Crippen LogP contribution < -0.4 is 0 Å². The van der Waals surface area contributed by atoms with Crippen molar-refractivity contribution >= 4 is 15.9 Å². The van der Waals surface area contributed by atoms with Gasteiger partial charge in [-0.05, 0) is 17.7 Å². The van der Waals surface area contributed by atoms with Gasteiger partial charge in [-0.3, -0.25) is 0 Å². The maximum Gasteiger partial charge on any atom is 0.0106 e. The second kappa shape index (κ2) is 6.78. The van der Waals surface area contributed by atoms with E-state index >= 15 is 0 Å². The van der Waals surface area contributed by atoms with Gasteiger partial charge >= 0.3 is 0 Å². The molecule has 0 aromatic rings. The first kappa shape index (κ1) is 7.78. The molecule has 0 aliphatic carbocycles. The lowest BCUT2D eigenvalue weighted by molar-refractivity contribution is 0.887. The third-order valence-electron chi connectivity index (χ3n) is 0.777. The van der Waals surface area contributed by atoms with E-state index in [0.717, 1.165) is 19.3 Å². The summed E-state index contributed by atoms with van der Waals surface area (Å²) in [5, 5.41) is 0. The normalized spacial score (nSPS) is 7.12. The molecule has 0 radical (unpaired) electrons. The zero-order valence-electron chi connectivity index (χ0n) is 4.78. The van der Waals surface area contributed by atoms with Gasteiger partial charge in [0.05, 0.1) is 0 Å². The molecule has 0 atom stereocenters. The van der Waals surface area contributed by atoms with Crippen LogP contribution in [0.3, 0.4) is 0 Å². The first-order chi connectivity index (χ1) is 3.91. The molecule has 0 spiro atoms. The highest BCUT2D eigenvalue weighted by molar-refractivity contribution is 9.12. The van der Waals surface area contributed by atoms with Crippen molar-refractivity contribution in [3.63, 3.8) is 0 Å². The molecular weight excluding hydrogens is 164 g/mol. The van der Waals surface area contributed by atoms with E-state index in [2.05, 4.69) is 33.3 Å². The molecular formula is C7H9Br. The van der Waals surface area contributed by atoms with Crippen molar-refractivity contribution in [1.82, 2.24) is 0 Å².